The number of anilines is 1. The maximum Gasteiger partial charge on any atom is 0.418 e. The first-order valence-corrected chi connectivity index (χ1v) is 5.84. The molecule has 0 bridgehead atoms. The molecule has 0 N–H and O–H groups in total. The quantitative estimate of drug-likeness (QED) is 0.779. The Morgan fingerprint density at radius 2 is 2.22 bits per heavy atom. The predicted molar refractivity (Wildman–Crippen MR) is 60.4 cm³/mol. The number of amides is 1. The minimum atomic E-state index is -4.50. The molecule has 98 valence electrons. The first kappa shape index (κ1) is 13.1. The number of pyridine rings is 1. The third-order valence-corrected chi connectivity index (χ3v) is 3.26. The standard InChI is InChI=1S/C11H10ClF3N2O/c12-4-7-3-10(18)17(6-7)9-5-16-2-1-8(9)11(13,14)15/h1-2,5,7H,3-4,6H2. The minimum absolute atomic E-state index is 0.111. The highest BCUT2D eigenvalue weighted by atomic mass is 35.5. The van der Waals surface area contributed by atoms with Gasteiger partial charge in [-0.05, 0) is 12.0 Å². The first-order valence-electron chi connectivity index (χ1n) is 5.31. The number of alkyl halides is 4. The number of aromatic nitrogens is 1. The average Bonchev–Trinajstić information content (AvgIpc) is 2.69. The summed E-state index contributed by atoms with van der Waals surface area (Å²) in [5.41, 5.74) is -1.04. The van der Waals surface area contributed by atoms with Crippen LogP contribution >= 0.6 is 11.6 Å². The fourth-order valence-corrected chi connectivity index (χ4v) is 2.17. The van der Waals surface area contributed by atoms with Crippen LogP contribution in [0.15, 0.2) is 18.5 Å². The third-order valence-electron chi connectivity index (χ3n) is 2.82. The summed E-state index contributed by atoms with van der Waals surface area (Å²) in [6, 6.07) is 0.872. The average molecular weight is 279 g/mol. The molecule has 1 aromatic rings. The largest absolute Gasteiger partial charge is 0.418 e. The molecule has 18 heavy (non-hydrogen) atoms. The summed E-state index contributed by atoms with van der Waals surface area (Å²) < 4.78 is 38.4. The lowest BCUT2D eigenvalue weighted by atomic mass is 10.1. The predicted octanol–water partition coefficient (Wildman–Crippen LogP) is 2.69. The lowest BCUT2D eigenvalue weighted by molar-refractivity contribution is -0.137. The van der Waals surface area contributed by atoms with Gasteiger partial charge in [-0.25, -0.2) is 0 Å². The van der Waals surface area contributed by atoms with Crippen LogP contribution < -0.4 is 4.90 Å². The van der Waals surface area contributed by atoms with Crippen molar-refractivity contribution in [3.63, 3.8) is 0 Å². The van der Waals surface area contributed by atoms with Crippen molar-refractivity contribution in [1.29, 1.82) is 0 Å². The maximum atomic E-state index is 12.8. The molecule has 7 heteroatoms. The fraction of sp³-hybridized carbons (Fsp3) is 0.455. The summed E-state index contributed by atoms with van der Waals surface area (Å²) in [5, 5.41) is 0. The first-order chi connectivity index (χ1) is 8.43. The summed E-state index contributed by atoms with van der Waals surface area (Å²) in [6.07, 6.45) is -2.20. The molecule has 0 aromatic carbocycles. The van der Waals surface area contributed by atoms with Gasteiger partial charge in [0.05, 0.1) is 17.4 Å². The van der Waals surface area contributed by atoms with E-state index in [-0.39, 0.29) is 36.4 Å². The van der Waals surface area contributed by atoms with E-state index in [1.165, 1.54) is 0 Å². The molecular weight excluding hydrogens is 269 g/mol. The van der Waals surface area contributed by atoms with Gasteiger partial charge in [0.2, 0.25) is 5.91 Å². The number of carbonyl (C=O) groups is 1. The van der Waals surface area contributed by atoms with Crippen LogP contribution in [0, 0.1) is 5.92 Å². The molecule has 3 nitrogen and oxygen atoms in total. The van der Waals surface area contributed by atoms with Crippen molar-refractivity contribution in [3.8, 4) is 0 Å². The van der Waals surface area contributed by atoms with E-state index in [9.17, 15) is 18.0 Å². The van der Waals surface area contributed by atoms with Gasteiger partial charge in [-0.3, -0.25) is 9.78 Å². The van der Waals surface area contributed by atoms with Gasteiger partial charge in [0.25, 0.3) is 0 Å². The van der Waals surface area contributed by atoms with Crippen LogP contribution in [-0.4, -0.2) is 23.3 Å². The normalized spacial score (nSPS) is 20.6. The Morgan fingerprint density at radius 1 is 1.50 bits per heavy atom. The van der Waals surface area contributed by atoms with E-state index in [4.69, 9.17) is 11.6 Å². The fourth-order valence-electron chi connectivity index (χ4n) is 1.96. The lowest BCUT2D eigenvalue weighted by Crippen LogP contribution is -2.27. The molecule has 1 aliphatic rings. The molecular formula is C11H10ClF3N2O. The van der Waals surface area contributed by atoms with E-state index < -0.39 is 11.7 Å². The number of hydrogen-bond acceptors (Lipinski definition) is 2. The number of hydrogen-bond donors (Lipinski definition) is 0. The van der Waals surface area contributed by atoms with Crippen LogP contribution in [0.3, 0.4) is 0 Å². The topological polar surface area (TPSA) is 33.2 Å². The van der Waals surface area contributed by atoms with Crippen LogP contribution in [0.25, 0.3) is 0 Å². The van der Waals surface area contributed by atoms with Gasteiger partial charge >= 0.3 is 6.18 Å². The summed E-state index contributed by atoms with van der Waals surface area (Å²) in [5.74, 6) is -0.205. The second-order valence-corrected chi connectivity index (χ2v) is 4.43. The summed E-state index contributed by atoms with van der Waals surface area (Å²) >= 11 is 5.64. The minimum Gasteiger partial charge on any atom is -0.310 e. The van der Waals surface area contributed by atoms with Crippen molar-refractivity contribution >= 4 is 23.2 Å². The highest BCUT2D eigenvalue weighted by Crippen LogP contribution is 2.38. The van der Waals surface area contributed by atoms with Crippen LogP contribution in [0.1, 0.15) is 12.0 Å². The zero-order valence-electron chi connectivity index (χ0n) is 9.25. The van der Waals surface area contributed by atoms with Crippen molar-refractivity contribution in [2.24, 2.45) is 5.92 Å². The molecule has 2 rings (SSSR count). The molecule has 1 aromatic heterocycles. The van der Waals surface area contributed by atoms with Crippen molar-refractivity contribution < 1.29 is 18.0 Å². The number of carbonyl (C=O) groups excluding carboxylic acids is 1. The molecule has 1 fully saturated rings. The monoisotopic (exact) mass is 278 g/mol. The lowest BCUT2D eigenvalue weighted by Gasteiger charge is -2.20. The van der Waals surface area contributed by atoms with Crippen LogP contribution in [0.4, 0.5) is 18.9 Å². The van der Waals surface area contributed by atoms with Crippen LogP contribution in [0.2, 0.25) is 0 Å². The second-order valence-electron chi connectivity index (χ2n) is 4.12. The van der Waals surface area contributed by atoms with E-state index in [1.807, 2.05) is 0 Å². The van der Waals surface area contributed by atoms with Crippen molar-refractivity contribution in [3.05, 3.63) is 24.0 Å². The number of halogens is 4. The van der Waals surface area contributed by atoms with Gasteiger partial charge in [0.15, 0.2) is 0 Å². The summed E-state index contributed by atoms with van der Waals surface area (Å²) in [7, 11) is 0. The highest BCUT2D eigenvalue weighted by Gasteiger charge is 2.38. The Kier molecular flexibility index (Phi) is 3.47. The molecule has 1 aliphatic heterocycles. The maximum absolute atomic E-state index is 12.8. The Morgan fingerprint density at radius 3 is 2.78 bits per heavy atom. The van der Waals surface area contributed by atoms with Gasteiger partial charge in [-0.15, -0.1) is 11.6 Å². The van der Waals surface area contributed by atoms with E-state index in [1.54, 1.807) is 0 Å². The van der Waals surface area contributed by atoms with Crippen LogP contribution in [0.5, 0.6) is 0 Å². The molecule has 0 saturated carbocycles. The molecule has 0 spiro atoms. The molecule has 1 unspecified atom stereocenters. The van der Waals surface area contributed by atoms with Gasteiger partial charge < -0.3 is 4.90 Å². The molecule has 1 atom stereocenters. The van der Waals surface area contributed by atoms with E-state index in [0.717, 1.165) is 23.4 Å². The van der Waals surface area contributed by atoms with Crippen molar-refractivity contribution in [1.82, 2.24) is 4.98 Å². The van der Waals surface area contributed by atoms with E-state index in [0.29, 0.717) is 0 Å². The van der Waals surface area contributed by atoms with Gasteiger partial charge in [-0.2, -0.15) is 13.2 Å². The third kappa shape index (κ3) is 2.43. The number of rotatable bonds is 2. The Balaban J connectivity index is 2.37. The molecule has 0 radical (unpaired) electrons. The summed E-state index contributed by atoms with van der Waals surface area (Å²) in [4.78, 5) is 16.5. The Bertz CT molecular complexity index is 464. The highest BCUT2D eigenvalue weighted by molar-refractivity contribution is 6.18. The smallest absolute Gasteiger partial charge is 0.310 e. The van der Waals surface area contributed by atoms with Gasteiger partial charge in [0.1, 0.15) is 0 Å². The Labute approximate surface area is 107 Å². The van der Waals surface area contributed by atoms with Crippen molar-refractivity contribution in [2.75, 3.05) is 17.3 Å². The van der Waals surface area contributed by atoms with Crippen molar-refractivity contribution in [2.45, 2.75) is 12.6 Å². The van der Waals surface area contributed by atoms with Gasteiger partial charge in [0, 0.05) is 25.0 Å². The van der Waals surface area contributed by atoms with Gasteiger partial charge in [-0.1, -0.05) is 0 Å². The SMILES string of the molecule is O=C1CC(CCl)CN1c1cnccc1C(F)(F)F. The van der Waals surface area contributed by atoms with Crippen LogP contribution in [-0.2, 0) is 11.0 Å². The molecule has 0 aliphatic carbocycles. The summed E-state index contributed by atoms with van der Waals surface area (Å²) in [6.45, 7) is 0.205. The zero-order chi connectivity index (χ0) is 13.3. The van der Waals surface area contributed by atoms with E-state index in [2.05, 4.69) is 4.98 Å². The molecule has 1 saturated heterocycles. The molecule has 2 heterocycles. The molecule has 1 amide bonds. The zero-order valence-corrected chi connectivity index (χ0v) is 10.0. The van der Waals surface area contributed by atoms with E-state index >= 15 is 0 Å². The Hall–Kier alpha value is -1.30. The number of nitrogens with zero attached hydrogens (tertiary/aromatic N) is 2. The second kappa shape index (κ2) is 4.76.